The van der Waals surface area contributed by atoms with Crippen molar-refractivity contribution in [3.8, 4) is 22.8 Å². The van der Waals surface area contributed by atoms with Crippen LogP contribution in [0.15, 0.2) is 18.2 Å². The van der Waals surface area contributed by atoms with E-state index in [4.69, 9.17) is 20.9 Å². The number of nitrogen functional groups attached to an aromatic ring is 1. The largest absolute Gasteiger partial charge is 0.454 e. The fourth-order valence-corrected chi connectivity index (χ4v) is 2.43. The van der Waals surface area contributed by atoms with Crippen LogP contribution in [-0.4, -0.2) is 22.5 Å². The van der Waals surface area contributed by atoms with Crippen molar-refractivity contribution in [1.82, 2.24) is 9.78 Å². The number of fused-ring (bicyclic) bond motifs is 1. The van der Waals surface area contributed by atoms with Gasteiger partial charge >= 0.3 is 0 Å². The van der Waals surface area contributed by atoms with E-state index in [0.29, 0.717) is 22.8 Å². The molecule has 2 aromatic rings. The molecule has 0 spiro atoms. The Morgan fingerprint density at radius 1 is 1.27 bits per heavy atom. The summed E-state index contributed by atoms with van der Waals surface area (Å²) in [7, 11) is 0. The highest BCUT2D eigenvalue weighted by Crippen LogP contribution is 2.38. The number of carbonyl (C=O) groups excluding carboxylic acids is 1. The average molecular weight is 302 g/mol. The first kappa shape index (κ1) is 14.2. The Labute approximate surface area is 127 Å². The van der Waals surface area contributed by atoms with Crippen LogP contribution in [0.25, 0.3) is 11.3 Å². The molecular weight excluding hydrogens is 284 g/mol. The second-order valence-corrected chi connectivity index (χ2v) is 6.12. The third-order valence-electron chi connectivity index (χ3n) is 3.45. The number of amides is 1. The third kappa shape index (κ3) is 2.14. The molecule has 7 heteroatoms. The smallest absolute Gasteiger partial charge is 0.254 e. The fourth-order valence-electron chi connectivity index (χ4n) is 2.43. The van der Waals surface area contributed by atoms with Crippen LogP contribution >= 0.6 is 0 Å². The zero-order valence-corrected chi connectivity index (χ0v) is 12.7. The molecule has 0 bridgehead atoms. The number of primary amides is 1. The van der Waals surface area contributed by atoms with Crippen molar-refractivity contribution in [3.05, 3.63) is 23.8 Å². The number of carbonyl (C=O) groups is 1. The number of hydrogen-bond donors (Lipinski definition) is 2. The topological polar surface area (TPSA) is 105 Å². The van der Waals surface area contributed by atoms with Crippen LogP contribution in [0.5, 0.6) is 11.5 Å². The number of anilines is 1. The molecular formula is C15H18N4O3. The average Bonchev–Trinajstić information content (AvgIpc) is 3.00. The summed E-state index contributed by atoms with van der Waals surface area (Å²) in [6.07, 6.45) is 0. The normalized spacial score (nSPS) is 13.4. The molecule has 0 aliphatic carbocycles. The Balaban J connectivity index is 2.20. The van der Waals surface area contributed by atoms with Crippen molar-refractivity contribution >= 4 is 11.7 Å². The van der Waals surface area contributed by atoms with Crippen LogP contribution in [0.3, 0.4) is 0 Å². The molecule has 1 amide bonds. The molecule has 0 atom stereocenters. The predicted octanol–water partition coefficient (Wildman–Crippen LogP) is 1.71. The molecule has 1 aromatic carbocycles. The van der Waals surface area contributed by atoms with Gasteiger partial charge in [0.1, 0.15) is 17.1 Å². The monoisotopic (exact) mass is 302 g/mol. The van der Waals surface area contributed by atoms with Gasteiger partial charge in [-0.05, 0) is 39.0 Å². The predicted molar refractivity (Wildman–Crippen MR) is 81.7 cm³/mol. The Morgan fingerprint density at radius 2 is 1.95 bits per heavy atom. The molecule has 116 valence electrons. The SMILES string of the molecule is CC(C)(C)n1nc(-c2ccc3c(c2)OCO3)c(C(N)=O)c1N. The van der Waals surface area contributed by atoms with Crippen LogP contribution in [0.1, 0.15) is 31.1 Å². The molecule has 1 aliphatic rings. The van der Waals surface area contributed by atoms with Crippen LogP contribution < -0.4 is 20.9 Å². The third-order valence-corrected chi connectivity index (χ3v) is 3.45. The van der Waals surface area contributed by atoms with Crippen LogP contribution in [0.2, 0.25) is 0 Å². The summed E-state index contributed by atoms with van der Waals surface area (Å²) < 4.78 is 12.3. The van der Waals surface area contributed by atoms with E-state index in [9.17, 15) is 4.79 Å². The van der Waals surface area contributed by atoms with Crippen molar-refractivity contribution < 1.29 is 14.3 Å². The number of nitrogens with two attached hydrogens (primary N) is 2. The second-order valence-electron chi connectivity index (χ2n) is 6.12. The lowest BCUT2D eigenvalue weighted by Gasteiger charge is -2.20. The maximum Gasteiger partial charge on any atom is 0.254 e. The van der Waals surface area contributed by atoms with E-state index in [1.54, 1.807) is 22.9 Å². The maximum absolute atomic E-state index is 11.8. The zero-order chi connectivity index (χ0) is 16.1. The van der Waals surface area contributed by atoms with Gasteiger partial charge in [0.05, 0.1) is 5.54 Å². The molecule has 2 heterocycles. The standard InChI is InChI=1S/C15H18N4O3/c1-15(2,3)19-13(16)11(14(17)20)12(18-19)8-4-5-9-10(6-8)22-7-21-9/h4-6H,7,16H2,1-3H3,(H2,17,20). The van der Waals surface area contributed by atoms with Gasteiger partial charge in [0.25, 0.3) is 5.91 Å². The molecule has 3 rings (SSSR count). The van der Waals surface area contributed by atoms with Gasteiger partial charge in [0.15, 0.2) is 11.5 Å². The number of nitrogens with zero attached hydrogens (tertiary/aromatic N) is 2. The Bertz CT molecular complexity index is 759. The molecule has 1 aliphatic heterocycles. The summed E-state index contributed by atoms with van der Waals surface area (Å²) in [6, 6.07) is 5.34. The van der Waals surface area contributed by atoms with Crippen molar-refractivity contribution in [1.29, 1.82) is 0 Å². The number of hydrogen-bond acceptors (Lipinski definition) is 5. The minimum absolute atomic E-state index is 0.181. The lowest BCUT2D eigenvalue weighted by atomic mass is 10.1. The van der Waals surface area contributed by atoms with Crippen molar-refractivity contribution in [3.63, 3.8) is 0 Å². The van der Waals surface area contributed by atoms with Gasteiger partial charge < -0.3 is 20.9 Å². The zero-order valence-electron chi connectivity index (χ0n) is 12.7. The van der Waals surface area contributed by atoms with Crippen molar-refractivity contribution in [2.45, 2.75) is 26.3 Å². The van der Waals surface area contributed by atoms with Gasteiger partial charge in [0.2, 0.25) is 6.79 Å². The molecule has 0 unspecified atom stereocenters. The maximum atomic E-state index is 11.8. The number of ether oxygens (including phenoxy) is 2. The first-order chi connectivity index (χ1) is 10.3. The minimum Gasteiger partial charge on any atom is -0.454 e. The molecule has 0 saturated heterocycles. The summed E-state index contributed by atoms with van der Waals surface area (Å²) in [5.74, 6) is 0.915. The molecule has 7 nitrogen and oxygen atoms in total. The Hall–Kier alpha value is -2.70. The highest BCUT2D eigenvalue weighted by Gasteiger charge is 2.27. The van der Waals surface area contributed by atoms with Gasteiger partial charge in [-0.25, -0.2) is 4.68 Å². The quantitative estimate of drug-likeness (QED) is 0.878. The number of benzene rings is 1. The van der Waals surface area contributed by atoms with E-state index in [0.717, 1.165) is 0 Å². The first-order valence-electron chi connectivity index (χ1n) is 6.88. The Kier molecular flexibility index (Phi) is 3.01. The molecule has 1 aromatic heterocycles. The Morgan fingerprint density at radius 3 is 2.59 bits per heavy atom. The van der Waals surface area contributed by atoms with Gasteiger partial charge in [-0.2, -0.15) is 5.10 Å². The van der Waals surface area contributed by atoms with E-state index >= 15 is 0 Å². The summed E-state index contributed by atoms with van der Waals surface area (Å²) in [5, 5.41) is 4.49. The van der Waals surface area contributed by atoms with Gasteiger partial charge in [-0.3, -0.25) is 4.79 Å². The fraction of sp³-hybridized carbons (Fsp3) is 0.333. The summed E-state index contributed by atoms with van der Waals surface area (Å²) in [6.45, 7) is 6.03. The van der Waals surface area contributed by atoms with Gasteiger partial charge in [-0.1, -0.05) is 0 Å². The van der Waals surface area contributed by atoms with E-state index in [2.05, 4.69) is 5.10 Å². The minimum atomic E-state index is -0.610. The van der Waals surface area contributed by atoms with Crippen molar-refractivity contribution in [2.24, 2.45) is 5.73 Å². The molecule has 0 fully saturated rings. The summed E-state index contributed by atoms with van der Waals surface area (Å²) in [5.41, 5.74) is 12.6. The molecule has 0 saturated carbocycles. The van der Waals surface area contributed by atoms with E-state index in [1.165, 1.54) is 0 Å². The summed E-state index contributed by atoms with van der Waals surface area (Å²) >= 11 is 0. The molecule has 22 heavy (non-hydrogen) atoms. The second kappa shape index (κ2) is 4.66. The van der Waals surface area contributed by atoms with E-state index < -0.39 is 5.91 Å². The van der Waals surface area contributed by atoms with Crippen LogP contribution in [0, 0.1) is 0 Å². The molecule has 4 N–H and O–H groups in total. The highest BCUT2D eigenvalue weighted by molar-refractivity contribution is 6.03. The highest BCUT2D eigenvalue weighted by atomic mass is 16.7. The first-order valence-corrected chi connectivity index (χ1v) is 6.88. The lowest BCUT2D eigenvalue weighted by Crippen LogP contribution is -2.25. The van der Waals surface area contributed by atoms with Gasteiger partial charge in [-0.15, -0.1) is 0 Å². The van der Waals surface area contributed by atoms with Crippen LogP contribution in [0.4, 0.5) is 5.82 Å². The number of aromatic nitrogens is 2. The van der Waals surface area contributed by atoms with Gasteiger partial charge in [0, 0.05) is 5.56 Å². The van der Waals surface area contributed by atoms with Crippen molar-refractivity contribution in [2.75, 3.05) is 12.5 Å². The van der Waals surface area contributed by atoms with E-state index in [-0.39, 0.29) is 23.7 Å². The molecule has 0 radical (unpaired) electrons. The van der Waals surface area contributed by atoms with E-state index in [1.807, 2.05) is 20.8 Å². The number of rotatable bonds is 2. The lowest BCUT2D eigenvalue weighted by molar-refractivity contribution is 0.100. The van der Waals surface area contributed by atoms with Crippen LogP contribution in [-0.2, 0) is 5.54 Å². The summed E-state index contributed by atoms with van der Waals surface area (Å²) in [4.78, 5) is 11.8.